The highest BCUT2D eigenvalue weighted by Crippen LogP contribution is 2.55. The molecule has 0 nitrogen and oxygen atoms in total. The zero-order chi connectivity index (χ0) is 14.6. The normalized spacial score (nSPS) is 42.6. The third-order valence-electron chi connectivity index (χ3n) is 3.94. The van der Waals surface area contributed by atoms with Crippen LogP contribution in [0.1, 0.15) is 0 Å². The van der Waals surface area contributed by atoms with Crippen LogP contribution >= 0.6 is 97.6 Å². The smallest absolute Gasteiger partial charge is 0.0500 e. The van der Waals surface area contributed by atoms with E-state index in [9.17, 15) is 0 Å². The summed E-state index contributed by atoms with van der Waals surface area (Å²) in [6.07, 6.45) is 0. The summed E-state index contributed by atoms with van der Waals surface area (Å²) >= 11 is 26.9. The number of rotatable bonds is 5. The van der Waals surface area contributed by atoms with Crippen LogP contribution in [0, 0.1) is 0 Å². The second-order valence-corrected chi connectivity index (χ2v) is 11.9. The minimum Gasteiger partial charge on any atom is -0.178 e. The predicted molar refractivity (Wildman–Crippen MR) is 118 cm³/mol. The standard InChI is InChI=1S/C12H22S8/c13-1-9-3-19-11(5-15,7-17-9)12(6-16)8-18-10(2-14)4-20-12/h9-10,13-16H,1-8H2. The van der Waals surface area contributed by atoms with Crippen molar-refractivity contribution in [2.24, 2.45) is 0 Å². The summed E-state index contributed by atoms with van der Waals surface area (Å²) in [5, 5.41) is 1.39. The molecular weight excluding hydrogens is 401 g/mol. The quantitative estimate of drug-likeness (QED) is 0.496. The van der Waals surface area contributed by atoms with Crippen LogP contribution in [0.3, 0.4) is 0 Å². The van der Waals surface area contributed by atoms with Crippen molar-refractivity contribution in [2.75, 3.05) is 46.0 Å². The van der Waals surface area contributed by atoms with Gasteiger partial charge in [-0.05, 0) is 0 Å². The van der Waals surface area contributed by atoms with E-state index in [-0.39, 0.29) is 9.49 Å². The minimum atomic E-state index is 0.251. The van der Waals surface area contributed by atoms with Crippen molar-refractivity contribution in [3.63, 3.8) is 0 Å². The van der Waals surface area contributed by atoms with E-state index in [1.807, 2.05) is 0 Å². The summed E-state index contributed by atoms with van der Waals surface area (Å²) in [4.78, 5) is 0. The maximum atomic E-state index is 4.75. The molecule has 2 heterocycles. The molecule has 0 aromatic rings. The Labute approximate surface area is 162 Å². The highest BCUT2D eigenvalue weighted by molar-refractivity contribution is 8.11. The Hall–Kier alpha value is 2.80. The van der Waals surface area contributed by atoms with Crippen LogP contribution in [0.5, 0.6) is 0 Å². The molecule has 2 saturated heterocycles. The molecular formula is C12H22S8. The SMILES string of the molecule is SCC1CSC(CS)(C2(CS)CSC(CS)CS2)CS1. The lowest BCUT2D eigenvalue weighted by Gasteiger charge is -2.53. The monoisotopic (exact) mass is 422 g/mol. The van der Waals surface area contributed by atoms with Crippen LogP contribution in [0.25, 0.3) is 0 Å². The molecule has 2 rings (SSSR count). The third kappa shape index (κ3) is 3.89. The van der Waals surface area contributed by atoms with Gasteiger partial charge in [0.25, 0.3) is 0 Å². The number of thiol groups is 4. The van der Waals surface area contributed by atoms with Crippen LogP contribution in [0.4, 0.5) is 0 Å². The molecule has 20 heavy (non-hydrogen) atoms. The molecule has 2 aliphatic rings. The van der Waals surface area contributed by atoms with Crippen LogP contribution in [-0.2, 0) is 0 Å². The first kappa shape index (κ1) is 19.1. The van der Waals surface area contributed by atoms with Crippen LogP contribution in [0.2, 0.25) is 0 Å². The Morgan fingerprint density at radius 2 is 1.15 bits per heavy atom. The van der Waals surface area contributed by atoms with Crippen molar-refractivity contribution >= 4 is 97.6 Å². The van der Waals surface area contributed by atoms with Gasteiger partial charge in [0, 0.05) is 56.5 Å². The molecule has 0 radical (unpaired) electrons. The van der Waals surface area contributed by atoms with Crippen molar-refractivity contribution in [1.82, 2.24) is 0 Å². The number of hydrogen-bond donors (Lipinski definition) is 4. The van der Waals surface area contributed by atoms with Gasteiger partial charge in [0.05, 0.1) is 9.49 Å². The first-order valence-electron chi connectivity index (χ1n) is 6.60. The first-order chi connectivity index (χ1) is 9.65. The van der Waals surface area contributed by atoms with Gasteiger partial charge >= 0.3 is 0 Å². The van der Waals surface area contributed by atoms with Crippen molar-refractivity contribution in [1.29, 1.82) is 0 Å². The Kier molecular flexibility index (Phi) is 8.38. The number of thioether (sulfide) groups is 4. The highest BCUT2D eigenvalue weighted by Gasteiger charge is 2.54. The summed E-state index contributed by atoms with van der Waals surface area (Å²) in [7, 11) is 0. The van der Waals surface area contributed by atoms with Crippen molar-refractivity contribution in [3.8, 4) is 0 Å². The molecule has 0 saturated carbocycles. The fraction of sp³-hybridized carbons (Fsp3) is 1.00. The van der Waals surface area contributed by atoms with E-state index in [0.29, 0.717) is 10.5 Å². The topological polar surface area (TPSA) is 0 Å². The summed E-state index contributed by atoms with van der Waals surface area (Å²) in [5.41, 5.74) is 0. The second kappa shape index (κ2) is 8.77. The summed E-state index contributed by atoms with van der Waals surface area (Å²) in [5.74, 6) is 8.64. The summed E-state index contributed by atoms with van der Waals surface area (Å²) in [6, 6.07) is 0. The van der Waals surface area contributed by atoms with E-state index in [0.717, 1.165) is 23.0 Å². The highest BCUT2D eigenvalue weighted by atomic mass is 32.2. The van der Waals surface area contributed by atoms with Gasteiger partial charge < -0.3 is 0 Å². The fourth-order valence-electron chi connectivity index (χ4n) is 2.40. The maximum absolute atomic E-state index is 4.75. The Morgan fingerprint density at radius 1 is 0.750 bits per heavy atom. The van der Waals surface area contributed by atoms with E-state index < -0.39 is 0 Å². The molecule has 0 N–H and O–H groups in total. The van der Waals surface area contributed by atoms with Gasteiger partial charge in [-0.15, -0.1) is 0 Å². The Bertz CT molecular complexity index is 264. The van der Waals surface area contributed by atoms with Gasteiger partial charge in [0.2, 0.25) is 0 Å². The predicted octanol–water partition coefficient (Wildman–Crippen LogP) is 3.88. The van der Waals surface area contributed by atoms with Gasteiger partial charge in [-0.3, -0.25) is 0 Å². The zero-order valence-corrected chi connectivity index (χ0v) is 18.1. The summed E-state index contributed by atoms with van der Waals surface area (Å²) in [6.45, 7) is 0. The average molecular weight is 423 g/mol. The van der Waals surface area contributed by atoms with Gasteiger partial charge in [-0.2, -0.15) is 97.6 Å². The van der Waals surface area contributed by atoms with Crippen molar-refractivity contribution in [2.45, 2.75) is 20.0 Å². The van der Waals surface area contributed by atoms with Gasteiger partial charge in [0.15, 0.2) is 0 Å². The van der Waals surface area contributed by atoms with E-state index in [1.54, 1.807) is 0 Å². The molecule has 4 unspecified atom stereocenters. The van der Waals surface area contributed by atoms with Gasteiger partial charge in [-0.25, -0.2) is 0 Å². The van der Waals surface area contributed by atoms with Gasteiger partial charge in [0.1, 0.15) is 0 Å². The molecule has 0 bridgehead atoms. The van der Waals surface area contributed by atoms with E-state index in [4.69, 9.17) is 25.3 Å². The molecule has 4 atom stereocenters. The molecule has 2 fully saturated rings. The molecule has 0 aromatic heterocycles. The Balaban J connectivity index is 2.12. The Morgan fingerprint density at radius 3 is 1.35 bits per heavy atom. The molecule has 0 aliphatic carbocycles. The first-order valence-corrected chi connectivity index (χ1v) is 13.2. The number of hydrogen-bond acceptors (Lipinski definition) is 8. The molecule has 0 amide bonds. The molecule has 2 aliphatic heterocycles. The van der Waals surface area contributed by atoms with Crippen LogP contribution in [-0.4, -0.2) is 66.0 Å². The molecule has 118 valence electrons. The average Bonchev–Trinajstić information content (AvgIpc) is 2.54. The second-order valence-electron chi connectivity index (χ2n) is 5.16. The van der Waals surface area contributed by atoms with E-state index in [2.05, 4.69) is 72.3 Å². The fourth-order valence-corrected chi connectivity index (χ4v) is 12.5. The lowest BCUT2D eigenvalue weighted by atomic mass is 9.96. The minimum absolute atomic E-state index is 0.251. The van der Waals surface area contributed by atoms with E-state index in [1.165, 1.54) is 23.0 Å². The summed E-state index contributed by atoms with van der Waals surface area (Å²) < 4.78 is 0.502. The molecule has 0 spiro atoms. The van der Waals surface area contributed by atoms with Gasteiger partial charge in [-0.1, -0.05) is 0 Å². The molecule has 0 aromatic carbocycles. The largest absolute Gasteiger partial charge is 0.178 e. The maximum Gasteiger partial charge on any atom is 0.0500 e. The van der Waals surface area contributed by atoms with Crippen LogP contribution in [0.15, 0.2) is 0 Å². The van der Waals surface area contributed by atoms with Crippen molar-refractivity contribution in [3.05, 3.63) is 0 Å². The third-order valence-corrected chi connectivity index (χ3v) is 14.3. The van der Waals surface area contributed by atoms with Crippen molar-refractivity contribution < 1.29 is 0 Å². The van der Waals surface area contributed by atoms with Crippen LogP contribution < -0.4 is 0 Å². The zero-order valence-electron chi connectivity index (χ0n) is 11.2. The lowest BCUT2D eigenvalue weighted by Crippen LogP contribution is -2.60. The lowest BCUT2D eigenvalue weighted by molar-refractivity contribution is 0.577. The molecule has 8 heteroatoms. The van der Waals surface area contributed by atoms with E-state index >= 15 is 0 Å².